The summed E-state index contributed by atoms with van der Waals surface area (Å²) in [6.45, 7) is 4.56. The number of aliphatic carboxylic acids is 1. The molecule has 2 N–H and O–H groups in total. The lowest BCUT2D eigenvalue weighted by atomic mass is 9.94. The minimum absolute atomic E-state index is 0.123. The second kappa shape index (κ2) is 6.34. The number of carbonyl (C=O) groups excluding carboxylic acids is 1. The van der Waals surface area contributed by atoms with E-state index in [9.17, 15) is 14.7 Å². The van der Waals surface area contributed by atoms with E-state index in [0.717, 1.165) is 11.1 Å². The molecule has 0 spiro atoms. The monoisotopic (exact) mass is 274 g/mol. The molecule has 0 saturated carbocycles. The van der Waals surface area contributed by atoms with Crippen LogP contribution in [0.15, 0.2) is 36.9 Å². The van der Waals surface area contributed by atoms with Crippen LogP contribution in [0.2, 0.25) is 0 Å². The molecule has 5 heteroatoms. The zero-order chi connectivity index (χ0) is 14.5. The number of carboxylic acids is 1. The van der Waals surface area contributed by atoms with E-state index in [1.54, 1.807) is 6.08 Å². The van der Waals surface area contributed by atoms with Crippen LogP contribution in [0, 0.1) is 0 Å². The van der Waals surface area contributed by atoms with Gasteiger partial charge in [-0.3, -0.25) is 4.79 Å². The van der Waals surface area contributed by atoms with Crippen LogP contribution in [0.3, 0.4) is 0 Å². The van der Waals surface area contributed by atoms with Crippen molar-refractivity contribution in [1.82, 2.24) is 10.2 Å². The summed E-state index contributed by atoms with van der Waals surface area (Å²) in [6.07, 6.45) is 2.02. The van der Waals surface area contributed by atoms with Gasteiger partial charge in [-0.2, -0.15) is 0 Å². The number of fused-ring (bicyclic) bond motifs is 1. The molecule has 20 heavy (non-hydrogen) atoms. The molecule has 1 aromatic carbocycles. The Morgan fingerprint density at radius 2 is 2.10 bits per heavy atom. The lowest BCUT2D eigenvalue weighted by molar-refractivity contribution is -0.151. The lowest BCUT2D eigenvalue weighted by Crippen LogP contribution is -2.51. The fourth-order valence-electron chi connectivity index (χ4n) is 2.39. The first-order valence-electron chi connectivity index (χ1n) is 6.54. The molecule has 1 aliphatic heterocycles. The topological polar surface area (TPSA) is 69.6 Å². The Bertz CT molecular complexity index is 528. The number of nitrogens with zero attached hydrogens (tertiary/aromatic N) is 1. The lowest BCUT2D eigenvalue weighted by Gasteiger charge is -2.34. The van der Waals surface area contributed by atoms with Gasteiger partial charge in [-0.1, -0.05) is 30.3 Å². The first-order valence-corrected chi connectivity index (χ1v) is 6.54. The summed E-state index contributed by atoms with van der Waals surface area (Å²) >= 11 is 0. The number of nitrogens with one attached hydrogen (secondary N) is 1. The average Bonchev–Trinajstić information content (AvgIpc) is 2.46. The van der Waals surface area contributed by atoms with Gasteiger partial charge in [0.2, 0.25) is 5.91 Å². The number of rotatable bonds is 5. The van der Waals surface area contributed by atoms with Crippen molar-refractivity contribution in [2.24, 2.45) is 0 Å². The van der Waals surface area contributed by atoms with E-state index < -0.39 is 12.0 Å². The fraction of sp³-hybridized carbons (Fsp3) is 0.333. The molecule has 0 saturated heterocycles. The summed E-state index contributed by atoms with van der Waals surface area (Å²) in [5.41, 5.74) is 2.02. The Kier molecular flexibility index (Phi) is 4.53. The minimum Gasteiger partial charge on any atom is -0.480 e. The maximum absolute atomic E-state index is 12.2. The second-order valence-electron chi connectivity index (χ2n) is 4.77. The second-order valence-corrected chi connectivity index (χ2v) is 4.77. The van der Waals surface area contributed by atoms with Gasteiger partial charge in [0.25, 0.3) is 0 Å². The number of hydrogen-bond donors (Lipinski definition) is 2. The Morgan fingerprint density at radius 3 is 2.75 bits per heavy atom. The molecule has 0 aromatic heterocycles. The maximum Gasteiger partial charge on any atom is 0.326 e. The van der Waals surface area contributed by atoms with Crippen LogP contribution in [0.25, 0.3) is 0 Å². The van der Waals surface area contributed by atoms with Gasteiger partial charge < -0.3 is 15.3 Å². The summed E-state index contributed by atoms with van der Waals surface area (Å²) in [4.78, 5) is 25.0. The molecule has 1 atom stereocenters. The third-order valence-electron chi connectivity index (χ3n) is 3.42. The first-order chi connectivity index (χ1) is 9.63. The number of benzene rings is 1. The van der Waals surface area contributed by atoms with E-state index >= 15 is 0 Å². The van der Waals surface area contributed by atoms with Crippen LogP contribution in [0.5, 0.6) is 0 Å². The van der Waals surface area contributed by atoms with Crippen LogP contribution in [-0.2, 0) is 22.6 Å². The van der Waals surface area contributed by atoms with E-state index in [0.29, 0.717) is 19.5 Å². The molecule has 5 nitrogen and oxygen atoms in total. The van der Waals surface area contributed by atoms with Crippen molar-refractivity contribution in [2.45, 2.75) is 19.0 Å². The molecule has 1 amide bonds. The zero-order valence-corrected chi connectivity index (χ0v) is 11.2. The first kappa shape index (κ1) is 14.3. The molecule has 0 radical (unpaired) electrons. The quantitative estimate of drug-likeness (QED) is 0.615. The molecule has 0 bridgehead atoms. The summed E-state index contributed by atoms with van der Waals surface area (Å²) in [7, 11) is 0. The zero-order valence-electron chi connectivity index (χ0n) is 11.2. The number of amides is 1. The summed E-state index contributed by atoms with van der Waals surface area (Å²) < 4.78 is 0. The minimum atomic E-state index is -0.962. The van der Waals surface area contributed by atoms with Gasteiger partial charge in [0.15, 0.2) is 0 Å². The summed E-state index contributed by atoms with van der Waals surface area (Å²) in [5.74, 6) is -1.16. The van der Waals surface area contributed by atoms with Crippen molar-refractivity contribution >= 4 is 11.9 Å². The van der Waals surface area contributed by atoms with Crippen molar-refractivity contribution < 1.29 is 14.7 Å². The Morgan fingerprint density at radius 1 is 1.40 bits per heavy atom. The predicted molar refractivity (Wildman–Crippen MR) is 75.2 cm³/mol. The SMILES string of the molecule is C=CCNCC(=O)N1Cc2ccccc2CC1C(=O)O. The van der Waals surface area contributed by atoms with Gasteiger partial charge in [-0.25, -0.2) is 4.79 Å². The molecule has 106 valence electrons. The highest BCUT2D eigenvalue weighted by Gasteiger charge is 2.33. The smallest absolute Gasteiger partial charge is 0.326 e. The van der Waals surface area contributed by atoms with Crippen LogP contribution in [0.1, 0.15) is 11.1 Å². The predicted octanol–water partition coefficient (Wildman–Crippen LogP) is 0.800. The van der Waals surface area contributed by atoms with Crippen LogP contribution >= 0.6 is 0 Å². The standard InChI is InChI=1S/C15H18N2O3/c1-2-7-16-9-14(18)17-10-12-6-4-3-5-11(12)8-13(17)15(19)20/h2-6,13,16H,1,7-10H2,(H,19,20). The fourth-order valence-corrected chi connectivity index (χ4v) is 2.39. The van der Waals surface area contributed by atoms with Gasteiger partial charge >= 0.3 is 5.97 Å². The summed E-state index contributed by atoms with van der Waals surface area (Å²) in [6, 6.07) is 6.86. The van der Waals surface area contributed by atoms with Gasteiger partial charge in [0, 0.05) is 19.5 Å². The van der Waals surface area contributed by atoms with Crippen LogP contribution in [0.4, 0.5) is 0 Å². The molecule has 1 heterocycles. The molecular weight excluding hydrogens is 256 g/mol. The van der Waals surface area contributed by atoms with Crippen molar-refractivity contribution in [3.8, 4) is 0 Å². The van der Waals surface area contributed by atoms with Gasteiger partial charge in [0.05, 0.1) is 6.54 Å². The molecule has 1 unspecified atom stereocenters. The maximum atomic E-state index is 12.2. The third kappa shape index (κ3) is 3.05. The molecular formula is C15H18N2O3. The Hall–Kier alpha value is -2.14. The Balaban J connectivity index is 2.15. The number of carboxylic acid groups (broad SMARTS) is 1. The van der Waals surface area contributed by atoms with E-state index in [1.807, 2.05) is 24.3 Å². The van der Waals surface area contributed by atoms with E-state index in [-0.39, 0.29) is 12.5 Å². The highest BCUT2D eigenvalue weighted by atomic mass is 16.4. The Labute approximate surface area is 117 Å². The normalized spacial score (nSPS) is 17.4. The molecule has 1 aromatic rings. The highest BCUT2D eigenvalue weighted by Crippen LogP contribution is 2.23. The number of carbonyl (C=O) groups is 2. The van der Waals surface area contributed by atoms with E-state index in [4.69, 9.17) is 0 Å². The molecule has 1 aliphatic rings. The molecule has 2 rings (SSSR count). The van der Waals surface area contributed by atoms with E-state index in [2.05, 4.69) is 11.9 Å². The van der Waals surface area contributed by atoms with Crippen molar-refractivity contribution in [2.75, 3.05) is 13.1 Å². The largest absolute Gasteiger partial charge is 0.480 e. The van der Waals surface area contributed by atoms with Gasteiger partial charge in [0.1, 0.15) is 6.04 Å². The van der Waals surface area contributed by atoms with Crippen LogP contribution in [-0.4, -0.2) is 41.0 Å². The van der Waals surface area contributed by atoms with Gasteiger partial charge in [-0.15, -0.1) is 6.58 Å². The van der Waals surface area contributed by atoms with Crippen molar-refractivity contribution in [3.63, 3.8) is 0 Å². The number of hydrogen-bond acceptors (Lipinski definition) is 3. The average molecular weight is 274 g/mol. The third-order valence-corrected chi connectivity index (χ3v) is 3.42. The molecule has 0 aliphatic carbocycles. The summed E-state index contributed by atoms with van der Waals surface area (Å²) in [5, 5.41) is 12.2. The molecule has 0 fully saturated rings. The van der Waals surface area contributed by atoms with Crippen molar-refractivity contribution in [1.29, 1.82) is 0 Å². The van der Waals surface area contributed by atoms with E-state index in [1.165, 1.54) is 4.90 Å². The van der Waals surface area contributed by atoms with Crippen molar-refractivity contribution in [3.05, 3.63) is 48.0 Å². The van der Waals surface area contributed by atoms with Gasteiger partial charge in [-0.05, 0) is 11.1 Å². The highest BCUT2D eigenvalue weighted by molar-refractivity contribution is 5.85. The van der Waals surface area contributed by atoms with Crippen LogP contribution < -0.4 is 5.32 Å².